The van der Waals surface area contributed by atoms with Crippen LogP contribution in [-0.2, 0) is 9.59 Å². The number of carbonyl (C=O) groups is 1. The Kier molecular flexibility index (Phi) is 4.03. The molecule has 0 aliphatic heterocycles. The molecule has 0 saturated carbocycles. The number of hydrogen-bond acceptors (Lipinski definition) is 3. The normalized spacial score (nSPS) is 7.00. The molecule has 0 fully saturated rings. The molecule has 0 atom stereocenters. The molecular formula is C6H5NO2. The van der Waals surface area contributed by atoms with E-state index in [1.54, 1.807) is 0 Å². The number of ketones is 1. The van der Waals surface area contributed by atoms with Crippen molar-refractivity contribution in [1.29, 1.82) is 0 Å². The van der Waals surface area contributed by atoms with Gasteiger partial charge >= 0.3 is 0 Å². The van der Waals surface area contributed by atoms with Crippen molar-refractivity contribution in [1.82, 2.24) is 0 Å². The Hall–Kier alpha value is -1.39. The Morgan fingerprint density at radius 3 is 2.78 bits per heavy atom. The summed E-state index contributed by atoms with van der Waals surface area (Å²) in [5.74, 6) is 1.56. The zero-order valence-corrected chi connectivity index (χ0v) is 4.76. The third-order valence-electron chi connectivity index (χ3n) is 0.676. The number of isocyanates is 1. The van der Waals surface area contributed by atoms with Crippen LogP contribution in [-0.4, -0.2) is 18.4 Å². The minimum Gasteiger partial charge on any atom is -0.285 e. The zero-order chi connectivity index (χ0) is 7.11. The number of terminal acetylenes is 1. The molecule has 0 heterocycles. The number of carbonyl (C=O) groups excluding carboxylic acids is 2. The Morgan fingerprint density at radius 1 is 1.67 bits per heavy atom. The molecule has 3 heteroatoms. The van der Waals surface area contributed by atoms with Gasteiger partial charge in [0.05, 0.1) is 6.54 Å². The minimum atomic E-state index is -0.339. The first-order chi connectivity index (χ1) is 4.31. The van der Waals surface area contributed by atoms with Gasteiger partial charge in [-0.25, -0.2) is 9.79 Å². The molecule has 0 amide bonds. The van der Waals surface area contributed by atoms with Gasteiger partial charge in [-0.3, -0.25) is 4.79 Å². The lowest BCUT2D eigenvalue weighted by molar-refractivity contribution is -0.113. The van der Waals surface area contributed by atoms with E-state index in [1.165, 1.54) is 6.08 Å². The van der Waals surface area contributed by atoms with Crippen LogP contribution in [0, 0.1) is 12.3 Å². The Morgan fingerprint density at radius 2 is 2.33 bits per heavy atom. The van der Waals surface area contributed by atoms with Gasteiger partial charge < -0.3 is 0 Å². The first-order valence-corrected chi connectivity index (χ1v) is 2.34. The lowest BCUT2D eigenvalue weighted by Gasteiger charge is -1.81. The largest absolute Gasteiger partial charge is 0.285 e. The van der Waals surface area contributed by atoms with E-state index in [-0.39, 0.29) is 18.7 Å². The molecule has 3 nitrogen and oxygen atoms in total. The number of rotatable bonds is 3. The molecule has 0 aromatic carbocycles. The maximum absolute atomic E-state index is 10.3. The fourth-order valence-corrected chi connectivity index (χ4v) is 0.275. The molecule has 0 spiro atoms. The minimum absolute atomic E-state index is 0.131. The van der Waals surface area contributed by atoms with Crippen LogP contribution in [0.2, 0.25) is 0 Å². The van der Waals surface area contributed by atoms with Gasteiger partial charge in [-0.05, 0) is 5.92 Å². The highest BCUT2D eigenvalue weighted by atomic mass is 16.1. The summed E-state index contributed by atoms with van der Waals surface area (Å²) in [7, 11) is 0. The number of nitrogens with zero attached hydrogens (tertiary/aromatic N) is 1. The van der Waals surface area contributed by atoms with Gasteiger partial charge in [-0.1, -0.05) is 0 Å². The second-order valence-corrected chi connectivity index (χ2v) is 1.29. The highest BCUT2D eigenvalue weighted by molar-refractivity contribution is 5.94. The predicted molar refractivity (Wildman–Crippen MR) is 31.4 cm³/mol. The second-order valence-electron chi connectivity index (χ2n) is 1.29. The Labute approximate surface area is 52.8 Å². The lowest BCUT2D eigenvalue weighted by Crippen LogP contribution is -1.94. The van der Waals surface area contributed by atoms with E-state index in [4.69, 9.17) is 6.42 Å². The summed E-state index contributed by atoms with van der Waals surface area (Å²) in [6.07, 6.45) is 6.15. The average Bonchev–Trinajstić information content (AvgIpc) is 1.89. The molecule has 0 aromatic rings. The molecule has 0 saturated heterocycles. The smallest absolute Gasteiger partial charge is 0.234 e. The van der Waals surface area contributed by atoms with Crippen molar-refractivity contribution in [3.8, 4) is 12.3 Å². The molecule has 0 unspecified atom stereocenters. The van der Waals surface area contributed by atoms with Crippen LogP contribution in [0.5, 0.6) is 0 Å². The van der Waals surface area contributed by atoms with Gasteiger partial charge in [0, 0.05) is 6.42 Å². The summed E-state index contributed by atoms with van der Waals surface area (Å²) in [6.45, 7) is 0.145. The molecule has 0 aromatic heterocycles. The summed E-state index contributed by atoms with van der Waals surface area (Å²) in [5, 5.41) is 0. The standard InChI is InChI=1S/C6H5NO2/c1-2-6(9)3-4-7-5-8/h1H,3-4H2. The van der Waals surface area contributed by atoms with E-state index in [1.807, 2.05) is 5.92 Å². The molecular weight excluding hydrogens is 118 g/mol. The molecule has 0 N–H and O–H groups in total. The molecule has 9 heavy (non-hydrogen) atoms. The van der Waals surface area contributed by atoms with Crippen LogP contribution in [0.1, 0.15) is 6.42 Å². The Bertz CT molecular complexity index is 184. The maximum atomic E-state index is 10.3. The highest BCUT2D eigenvalue weighted by Crippen LogP contribution is 1.79. The third kappa shape index (κ3) is 4.46. The van der Waals surface area contributed by atoms with E-state index < -0.39 is 0 Å². The average molecular weight is 123 g/mol. The van der Waals surface area contributed by atoms with Crippen molar-refractivity contribution in [2.24, 2.45) is 4.99 Å². The zero-order valence-electron chi connectivity index (χ0n) is 4.76. The fourth-order valence-electron chi connectivity index (χ4n) is 0.275. The third-order valence-corrected chi connectivity index (χ3v) is 0.676. The van der Waals surface area contributed by atoms with Crippen molar-refractivity contribution < 1.29 is 9.59 Å². The number of aliphatic imine (C=N–C) groups is 1. The van der Waals surface area contributed by atoms with Gasteiger partial charge in [0.2, 0.25) is 11.9 Å². The van der Waals surface area contributed by atoms with Gasteiger partial charge in [0.25, 0.3) is 0 Å². The van der Waals surface area contributed by atoms with E-state index in [0.717, 1.165) is 0 Å². The van der Waals surface area contributed by atoms with E-state index in [2.05, 4.69) is 4.99 Å². The monoisotopic (exact) mass is 123 g/mol. The summed E-state index contributed by atoms with van der Waals surface area (Å²) in [4.78, 5) is 22.8. The van der Waals surface area contributed by atoms with Crippen molar-refractivity contribution in [3.63, 3.8) is 0 Å². The molecule has 46 valence electrons. The van der Waals surface area contributed by atoms with Crippen molar-refractivity contribution in [2.45, 2.75) is 6.42 Å². The number of hydrogen-bond donors (Lipinski definition) is 0. The first-order valence-electron chi connectivity index (χ1n) is 2.34. The first kappa shape index (κ1) is 7.61. The SMILES string of the molecule is C#CC(=O)CCN=C=O. The maximum Gasteiger partial charge on any atom is 0.234 e. The van der Waals surface area contributed by atoms with Crippen LogP contribution in [0.25, 0.3) is 0 Å². The van der Waals surface area contributed by atoms with Crippen LogP contribution >= 0.6 is 0 Å². The fraction of sp³-hybridized carbons (Fsp3) is 0.333. The molecule has 0 radical (unpaired) electrons. The molecule has 0 rings (SSSR count). The summed E-state index contributed by atoms with van der Waals surface area (Å²) < 4.78 is 0. The molecule has 0 aliphatic rings. The van der Waals surface area contributed by atoms with Crippen LogP contribution in [0.15, 0.2) is 4.99 Å². The summed E-state index contributed by atoms with van der Waals surface area (Å²) in [5.41, 5.74) is 0. The van der Waals surface area contributed by atoms with Gasteiger partial charge in [0.1, 0.15) is 0 Å². The summed E-state index contributed by atoms with van der Waals surface area (Å²) >= 11 is 0. The van der Waals surface area contributed by atoms with Gasteiger partial charge in [-0.15, -0.1) is 6.42 Å². The lowest BCUT2D eigenvalue weighted by atomic mass is 10.3. The van der Waals surface area contributed by atoms with Gasteiger partial charge in [0.15, 0.2) is 0 Å². The van der Waals surface area contributed by atoms with Crippen LogP contribution < -0.4 is 0 Å². The van der Waals surface area contributed by atoms with Crippen LogP contribution in [0.4, 0.5) is 0 Å². The Balaban J connectivity index is 3.42. The topological polar surface area (TPSA) is 46.5 Å². The van der Waals surface area contributed by atoms with Crippen LogP contribution in [0.3, 0.4) is 0 Å². The van der Waals surface area contributed by atoms with Crippen molar-refractivity contribution >= 4 is 11.9 Å². The molecule has 0 aliphatic carbocycles. The second kappa shape index (κ2) is 4.76. The van der Waals surface area contributed by atoms with Gasteiger partial charge in [-0.2, -0.15) is 0 Å². The van der Waals surface area contributed by atoms with E-state index >= 15 is 0 Å². The number of Topliss-reactive ketones (excluding diaryl/α,β-unsaturated/α-hetero) is 1. The highest BCUT2D eigenvalue weighted by Gasteiger charge is 1.91. The predicted octanol–water partition coefficient (Wildman–Crippen LogP) is -0.0854. The summed E-state index contributed by atoms with van der Waals surface area (Å²) in [6, 6.07) is 0. The van der Waals surface area contributed by atoms with Crippen molar-refractivity contribution in [2.75, 3.05) is 6.54 Å². The van der Waals surface area contributed by atoms with E-state index in [0.29, 0.717) is 0 Å². The quantitative estimate of drug-likeness (QED) is 0.228. The van der Waals surface area contributed by atoms with Crippen molar-refractivity contribution in [3.05, 3.63) is 0 Å². The molecule has 0 bridgehead atoms. The van der Waals surface area contributed by atoms with E-state index in [9.17, 15) is 9.59 Å².